The van der Waals surface area contributed by atoms with Crippen LogP contribution in [-0.2, 0) is 15.5 Å². The molecule has 0 spiro atoms. The van der Waals surface area contributed by atoms with E-state index in [0.29, 0.717) is 41.4 Å². The minimum absolute atomic E-state index is 0.110. The molecule has 8 nitrogen and oxygen atoms in total. The van der Waals surface area contributed by atoms with Crippen LogP contribution in [0.3, 0.4) is 0 Å². The quantitative estimate of drug-likeness (QED) is 0.624. The monoisotopic (exact) mass is 412 g/mol. The van der Waals surface area contributed by atoms with Gasteiger partial charge in [0.2, 0.25) is 0 Å². The molecule has 3 rings (SSSR count). The summed E-state index contributed by atoms with van der Waals surface area (Å²) in [6.45, 7) is 5.91. The SMILES string of the molecule is CCCc1nc(C)c2c(=O)[nH][14c](-c3cc(S(=O)(=O)Cl)ccc3OCC)nn12. The fourth-order valence-corrected chi connectivity index (χ4v) is 3.65. The predicted octanol–water partition coefficient (Wildman–Crippen LogP) is 2.67. The molecule has 0 fully saturated rings. The maximum absolute atomic E-state index is 12.6. The summed E-state index contributed by atoms with van der Waals surface area (Å²) in [4.78, 5) is 19.6. The van der Waals surface area contributed by atoms with E-state index in [1.807, 2.05) is 6.92 Å². The van der Waals surface area contributed by atoms with Crippen molar-refractivity contribution in [3.05, 3.63) is 40.1 Å². The van der Waals surface area contributed by atoms with Crippen LogP contribution in [0.25, 0.3) is 16.9 Å². The Morgan fingerprint density at radius 2 is 2.07 bits per heavy atom. The molecule has 0 atom stereocenters. The van der Waals surface area contributed by atoms with Crippen LogP contribution < -0.4 is 10.3 Å². The molecule has 27 heavy (non-hydrogen) atoms. The lowest BCUT2D eigenvalue weighted by Gasteiger charge is -2.11. The second kappa shape index (κ2) is 7.32. The molecule has 0 bridgehead atoms. The van der Waals surface area contributed by atoms with Gasteiger partial charge in [-0.25, -0.2) is 17.9 Å². The summed E-state index contributed by atoms with van der Waals surface area (Å²) < 4.78 is 30.5. The van der Waals surface area contributed by atoms with Crippen LogP contribution >= 0.6 is 10.7 Å². The van der Waals surface area contributed by atoms with Crippen LogP contribution in [0.15, 0.2) is 27.9 Å². The van der Waals surface area contributed by atoms with Crippen LogP contribution in [0.5, 0.6) is 5.75 Å². The predicted molar refractivity (Wildman–Crippen MR) is 102 cm³/mol. The van der Waals surface area contributed by atoms with Crippen LogP contribution in [0.1, 0.15) is 31.8 Å². The van der Waals surface area contributed by atoms with Crippen molar-refractivity contribution in [1.29, 1.82) is 0 Å². The first-order chi connectivity index (χ1) is 12.8. The summed E-state index contributed by atoms with van der Waals surface area (Å²) in [7, 11) is 1.51. The third-order valence-corrected chi connectivity index (χ3v) is 5.36. The highest BCUT2D eigenvalue weighted by atomic mass is 35.7. The molecule has 0 saturated heterocycles. The lowest BCUT2D eigenvalue weighted by atomic mass is 10.3. The van der Waals surface area contributed by atoms with Crippen LogP contribution in [0.2, 0.25) is 0 Å². The Hall–Kier alpha value is -2.39. The van der Waals surface area contributed by atoms with Gasteiger partial charge in [0.1, 0.15) is 11.6 Å². The van der Waals surface area contributed by atoms with E-state index in [1.165, 1.54) is 22.7 Å². The Kier molecular flexibility index (Phi) is 5.25. The molecular weight excluding hydrogens is 394 g/mol. The van der Waals surface area contributed by atoms with Gasteiger partial charge in [0.15, 0.2) is 11.3 Å². The van der Waals surface area contributed by atoms with E-state index in [1.54, 1.807) is 13.8 Å². The van der Waals surface area contributed by atoms with Gasteiger partial charge in [0.25, 0.3) is 14.6 Å². The number of aromatic amines is 1. The molecule has 144 valence electrons. The van der Waals surface area contributed by atoms with Crippen molar-refractivity contribution in [3.8, 4) is 17.1 Å². The average molecular weight is 413 g/mol. The van der Waals surface area contributed by atoms with Crippen molar-refractivity contribution in [3.63, 3.8) is 0 Å². The summed E-state index contributed by atoms with van der Waals surface area (Å²) in [5, 5.41) is 4.49. The smallest absolute Gasteiger partial charge is 0.277 e. The van der Waals surface area contributed by atoms with Crippen LogP contribution in [-0.4, -0.2) is 34.6 Å². The molecule has 0 aliphatic carbocycles. The van der Waals surface area contributed by atoms with Crippen molar-refractivity contribution < 1.29 is 13.2 Å². The van der Waals surface area contributed by atoms with Crippen molar-refractivity contribution >= 4 is 25.2 Å². The molecule has 1 N–H and O–H groups in total. The summed E-state index contributed by atoms with van der Waals surface area (Å²) >= 11 is 0. The van der Waals surface area contributed by atoms with Gasteiger partial charge in [-0.3, -0.25) is 4.79 Å². The molecule has 2 aromatic heterocycles. The van der Waals surface area contributed by atoms with E-state index >= 15 is 0 Å². The first kappa shape index (κ1) is 19.4. The van der Waals surface area contributed by atoms with Crippen LogP contribution in [0, 0.1) is 6.92 Å². The Labute approximate surface area is 160 Å². The van der Waals surface area contributed by atoms with Gasteiger partial charge in [0, 0.05) is 17.1 Å². The molecule has 0 saturated carbocycles. The number of halogens is 1. The number of nitrogens with zero attached hydrogens (tertiary/aromatic N) is 3. The highest BCUT2D eigenvalue weighted by molar-refractivity contribution is 8.13. The summed E-state index contributed by atoms with van der Waals surface area (Å²) in [5.74, 6) is 1.22. The molecule has 0 aliphatic rings. The number of H-pyrrole nitrogens is 1. The van der Waals surface area contributed by atoms with E-state index < -0.39 is 9.05 Å². The number of aryl methyl sites for hydroxylation is 2. The Balaban J connectivity index is 2.31. The number of rotatable bonds is 6. The van der Waals surface area contributed by atoms with E-state index in [2.05, 4.69) is 15.1 Å². The highest BCUT2D eigenvalue weighted by Crippen LogP contribution is 2.31. The zero-order valence-corrected chi connectivity index (χ0v) is 16.7. The summed E-state index contributed by atoms with van der Waals surface area (Å²) in [6.07, 6.45) is 1.49. The lowest BCUT2D eigenvalue weighted by Crippen LogP contribution is -2.16. The van der Waals surface area contributed by atoms with Gasteiger partial charge in [-0.15, -0.1) is 5.10 Å². The first-order valence-electron chi connectivity index (χ1n) is 8.46. The van der Waals surface area contributed by atoms with Crippen molar-refractivity contribution in [2.24, 2.45) is 0 Å². The number of benzene rings is 1. The maximum atomic E-state index is 12.6. The number of aromatic nitrogens is 4. The fourth-order valence-electron chi connectivity index (χ4n) is 2.87. The van der Waals surface area contributed by atoms with Crippen LogP contribution in [0.4, 0.5) is 0 Å². The van der Waals surface area contributed by atoms with Gasteiger partial charge in [-0.05, 0) is 38.5 Å². The third kappa shape index (κ3) is 3.70. The molecule has 2 heterocycles. The Morgan fingerprint density at radius 1 is 1.33 bits per heavy atom. The summed E-state index contributed by atoms with van der Waals surface area (Å²) in [6, 6.07) is 4.17. The van der Waals surface area contributed by atoms with Crippen molar-refractivity contribution in [1.82, 2.24) is 19.6 Å². The molecule has 1 aromatic carbocycles. The molecular formula is C17H19ClN4O4S. The molecule has 0 radical (unpaired) electrons. The first-order valence-corrected chi connectivity index (χ1v) is 10.8. The lowest BCUT2D eigenvalue weighted by molar-refractivity contribution is 0.341. The number of ether oxygens (including phenoxy) is 1. The van der Waals surface area contributed by atoms with E-state index in [-0.39, 0.29) is 16.3 Å². The van der Waals surface area contributed by atoms with Gasteiger partial charge in [0.05, 0.1) is 22.8 Å². The largest absolute Gasteiger partial charge is 0.493 e. The number of hydrogen-bond donors (Lipinski definition) is 1. The zero-order chi connectivity index (χ0) is 19.8. The van der Waals surface area contributed by atoms with Crippen molar-refractivity contribution in [2.75, 3.05) is 6.61 Å². The van der Waals surface area contributed by atoms with Gasteiger partial charge < -0.3 is 9.72 Å². The number of fused-ring (bicyclic) bond motifs is 1. The summed E-state index contributed by atoms with van der Waals surface area (Å²) in [5.41, 5.74) is 0.905. The van der Waals surface area contributed by atoms with E-state index in [4.69, 9.17) is 15.4 Å². The molecule has 3 aromatic rings. The second-order valence-corrected chi connectivity index (χ2v) is 8.52. The number of hydrogen-bond acceptors (Lipinski definition) is 6. The van der Waals surface area contributed by atoms with E-state index in [9.17, 15) is 13.2 Å². The topological polar surface area (TPSA) is 106 Å². The molecule has 0 amide bonds. The molecule has 0 unspecified atom stereocenters. The van der Waals surface area contributed by atoms with Gasteiger partial charge in [-0.1, -0.05) is 6.92 Å². The number of nitrogens with one attached hydrogen (secondary N) is 1. The van der Waals surface area contributed by atoms with Crippen molar-refractivity contribution in [2.45, 2.75) is 38.5 Å². The zero-order valence-electron chi connectivity index (χ0n) is 15.1. The third-order valence-electron chi connectivity index (χ3n) is 4.00. The second-order valence-electron chi connectivity index (χ2n) is 5.96. The maximum Gasteiger partial charge on any atom is 0.277 e. The Morgan fingerprint density at radius 3 is 2.70 bits per heavy atom. The molecule has 0 aliphatic heterocycles. The minimum atomic E-state index is -3.95. The average Bonchev–Trinajstić information content (AvgIpc) is 2.91. The Bertz CT molecular complexity index is 1170. The van der Waals surface area contributed by atoms with Gasteiger partial charge >= 0.3 is 0 Å². The van der Waals surface area contributed by atoms with Gasteiger partial charge in [-0.2, -0.15) is 0 Å². The fraction of sp³-hybridized carbons (Fsp3) is 0.353. The number of imidazole rings is 1. The molecule has 10 heteroatoms. The van der Waals surface area contributed by atoms with E-state index in [0.717, 1.165) is 6.42 Å². The highest BCUT2D eigenvalue weighted by Gasteiger charge is 2.19. The minimum Gasteiger partial charge on any atom is -0.493 e. The normalized spacial score (nSPS) is 11.9. The standard InChI is InChI=1S/C17H19ClN4O4S/c1-4-6-14-19-10(3)15-17(23)20-16(21-22(14)15)12-9-11(27(18,24)25)7-8-13(12)26-5-2/h7-9H,4-6H2,1-3H3,(H,20,21,23)/i16+2.